The lowest BCUT2D eigenvalue weighted by Gasteiger charge is -2.13. The van der Waals surface area contributed by atoms with Crippen LogP contribution in [-0.4, -0.2) is 23.0 Å². The molecule has 1 fully saturated rings. The molecule has 0 atom stereocenters. The average molecular weight is 299 g/mol. The zero-order chi connectivity index (χ0) is 15.5. The molecule has 6 heteroatoms. The van der Waals surface area contributed by atoms with Crippen molar-refractivity contribution in [3.8, 4) is 0 Å². The number of amides is 2. The summed E-state index contributed by atoms with van der Waals surface area (Å²) in [5.41, 5.74) is 0.814. The van der Waals surface area contributed by atoms with E-state index in [2.05, 4.69) is 4.84 Å². The van der Waals surface area contributed by atoms with Crippen LogP contribution >= 0.6 is 0 Å². The van der Waals surface area contributed by atoms with E-state index in [1.54, 1.807) is 0 Å². The molecule has 1 heterocycles. The second-order valence-electron chi connectivity index (χ2n) is 4.85. The van der Waals surface area contributed by atoms with E-state index in [-0.39, 0.29) is 19.4 Å². The van der Waals surface area contributed by atoms with Crippen LogP contribution in [0.5, 0.6) is 0 Å². The lowest BCUT2D eigenvalue weighted by atomic mass is 10.1. The van der Waals surface area contributed by atoms with E-state index in [1.165, 1.54) is 0 Å². The predicted molar refractivity (Wildman–Crippen MR) is 76.3 cm³/mol. The fourth-order valence-electron chi connectivity index (χ4n) is 2.31. The molecule has 0 aliphatic carbocycles. The van der Waals surface area contributed by atoms with Crippen LogP contribution in [0, 0.1) is 0 Å². The van der Waals surface area contributed by atoms with Crippen molar-refractivity contribution in [1.29, 1.82) is 0 Å². The molecule has 0 radical (unpaired) electrons. The topological polar surface area (TPSA) is 72.9 Å². The molecule has 22 heavy (non-hydrogen) atoms. The molecule has 1 saturated heterocycles. The third kappa shape index (κ3) is 2.76. The highest BCUT2D eigenvalue weighted by atomic mass is 16.8. The smallest absolute Gasteiger partial charge is 0.428 e. The van der Waals surface area contributed by atoms with E-state index in [9.17, 15) is 14.4 Å². The monoisotopic (exact) mass is 299 g/mol. The number of fused-ring (bicyclic) bond motifs is 1. The van der Waals surface area contributed by atoms with E-state index in [0.29, 0.717) is 5.06 Å². The molecule has 2 amide bonds. The molecule has 0 unspecified atom stereocenters. The van der Waals surface area contributed by atoms with Crippen molar-refractivity contribution in [1.82, 2.24) is 5.06 Å². The first-order valence-electron chi connectivity index (χ1n) is 6.82. The Hall–Kier alpha value is -2.89. The van der Waals surface area contributed by atoms with Crippen molar-refractivity contribution in [2.24, 2.45) is 0 Å². The lowest BCUT2D eigenvalue weighted by Crippen LogP contribution is -2.32. The number of hydroxylamine groups is 2. The van der Waals surface area contributed by atoms with E-state index >= 15 is 0 Å². The highest BCUT2D eigenvalue weighted by Gasteiger charge is 2.33. The summed E-state index contributed by atoms with van der Waals surface area (Å²) in [4.78, 5) is 38.9. The SMILES string of the molecule is O=C(OCc1cccc2ccccc12)ON1C(=O)CCC1=O. The molecule has 1 aliphatic rings. The first kappa shape index (κ1) is 14.1. The Bertz CT molecular complexity index is 734. The largest absolute Gasteiger partial charge is 0.534 e. The fraction of sp³-hybridized carbons (Fsp3) is 0.188. The van der Waals surface area contributed by atoms with Gasteiger partial charge in [-0.2, -0.15) is 0 Å². The number of nitrogens with zero attached hydrogens (tertiary/aromatic N) is 1. The summed E-state index contributed by atoms with van der Waals surface area (Å²) in [5, 5.41) is 2.46. The summed E-state index contributed by atoms with van der Waals surface area (Å²) in [6.45, 7) is -0.00356. The van der Waals surface area contributed by atoms with Gasteiger partial charge in [-0.15, -0.1) is 0 Å². The highest BCUT2D eigenvalue weighted by Crippen LogP contribution is 2.19. The second-order valence-corrected chi connectivity index (χ2v) is 4.85. The normalized spacial score (nSPS) is 14.5. The molecule has 112 valence electrons. The van der Waals surface area contributed by atoms with Gasteiger partial charge >= 0.3 is 6.16 Å². The van der Waals surface area contributed by atoms with Crippen molar-refractivity contribution in [3.63, 3.8) is 0 Å². The maximum Gasteiger partial charge on any atom is 0.534 e. The predicted octanol–water partition coefficient (Wildman–Crippen LogP) is 2.56. The molecule has 6 nitrogen and oxygen atoms in total. The van der Waals surface area contributed by atoms with Crippen LogP contribution in [0.2, 0.25) is 0 Å². The minimum absolute atomic E-state index is 0.00356. The number of hydrogen-bond donors (Lipinski definition) is 0. The maximum atomic E-state index is 11.6. The Balaban J connectivity index is 1.65. The van der Waals surface area contributed by atoms with E-state index in [4.69, 9.17) is 4.74 Å². The first-order chi connectivity index (χ1) is 10.6. The number of ether oxygens (including phenoxy) is 1. The average Bonchev–Trinajstić information content (AvgIpc) is 2.85. The Labute approximate surface area is 126 Å². The van der Waals surface area contributed by atoms with Gasteiger partial charge in [-0.3, -0.25) is 14.4 Å². The Morgan fingerprint density at radius 1 is 1.00 bits per heavy atom. The fourth-order valence-corrected chi connectivity index (χ4v) is 2.31. The van der Waals surface area contributed by atoms with Crippen LogP contribution in [0.1, 0.15) is 18.4 Å². The van der Waals surface area contributed by atoms with Gasteiger partial charge in [0.25, 0.3) is 11.8 Å². The third-order valence-electron chi connectivity index (χ3n) is 3.40. The van der Waals surface area contributed by atoms with Crippen LogP contribution in [0.4, 0.5) is 4.79 Å². The van der Waals surface area contributed by atoms with E-state index in [0.717, 1.165) is 16.3 Å². The molecule has 0 bridgehead atoms. The molecular formula is C16H13NO5. The van der Waals surface area contributed by atoms with Crippen LogP contribution in [0.15, 0.2) is 42.5 Å². The number of rotatable bonds is 3. The number of benzene rings is 2. The summed E-state index contributed by atoms with van der Waals surface area (Å²) in [7, 11) is 0. The van der Waals surface area contributed by atoms with Gasteiger partial charge in [0.1, 0.15) is 6.61 Å². The highest BCUT2D eigenvalue weighted by molar-refractivity contribution is 6.01. The molecule has 0 spiro atoms. The van der Waals surface area contributed by atoms with Gasteiger partial charge in [0, 0.05) is 12.8 Å². The van der Waals surface area contributed by atoms with Crippen molar-refractivity contribution >= 4 is 28.7 Å². The maximum absolute atomic E-state index is 11.6. The minimum Gasteiger partial charge on any atom is -0.428 e. The second kappa shape index (κ2) is 5.85. The van der Waals surface area contributed by atoms with Gasteiger partial charge in [0.15, 0.2) is 0 Å². The van der Waals surface area contributed by atoms with Crippen LogP contribution in [-0.2, 0) is 25.8 Å². The molecule has 0 N–H and O–H groups in total. The summed E-state index contributed by atoms with van der Waals surface area (Å²) in [6.07, 6.45) is -0.971. The molecule has 2 aromatic rings. The van der Waals surface area contributed by atoms with Crippen LogP contribution < -0.4 is 0 Å². The van der Waals surface area contributed by atoms with Crippen molar-refractivity contribution in [3.05, 3.63) is 48.0 Å². The Morgan fingerprint density at radius 3 is 2.45 bits per heavy atom. The van der Waals surface area contributed by atoms with Gasteiger partial charge in [-0.05, 0) is 16.3 Å². The molecule has 2 aromatic carbocycles. The van der Waals surface area contributed by atoms with Gasteiger partial charge in [-0.25, -0.2) is 4.79 Å². The molecular weight excluding hydrogens is 286 g/mol. The quantitative estimate of drug-likeness (QED) is 0.643. The van der Waals surface area contributed by atoms with Crippen molar-refractivity contribution in [2.45, 2.75) is 19.4 Å². The molecule has 0 saturated carbocycles. The number of imide groups is 1. The zero-order valence-electron chi connectivity index (χ0n) is 11.7. The Kier molecular flexibility index (Phi) is 3.74. The van der Waals surface area contributed by atoms with Gasteiger partial charge in [0.2, 0.25) is 0 Å². The zero-order valence-corrected chi connectivity index (χ0v) is 11.7. The first-order valence-corrected chi connectivity index (χ1v) is 6.82. The summed E-state index contributed by atoms with van der Waals surface area (Å²) < 4.78 is 4.99. The number of carbonyl (C=O) groups is 3. The third-order valence-corrected chi connectivity index (χ3v) is 3.40. The van der Waals surface area contributed by atoms with Crippen LogP contribution in [0.25, 0.3) is 10.8 Å². The molecule has 3 rings (SSSR count). The molecule has 0 aromatic heterocycles. The van der Waals surface area contributed by atoms with Gasteiger partial charge in [-0.1, -0.05) is 47.5 Å². The summed E-state index contributed by atoms with van der Waals surface area (Å²) >= 11 is 0. The lowest BCUT2D eigenvalue weighted by molar-refractivity contribution is -0.177. The van der Waals surface area contributed by atoms with Crippen molar-refractivity contribution < 1.29 is 24.0 Å². The Morgan fingerprint density at radius 2 is 1.68 bits per heavy atom. The summed E-state index contributed by atoms with van der Waals surface area (Å²) in [6, 6.07) is 13.4. The number of hydrogen-bond acceptors (Lipinski definition) is 5. The minimum atomic E-state index is -1.07. The molecule has 1 aliphatic heterocycles. The van der Waals surface area contributed by atoms with E-state index < -0.39 is 18.0 Å². The van der Waals surface area contributed by atoms with Crippen molar-refractivity contribution in [2.75, 3.05) is 0 Å². The van der Waals surface area contributed by atoms with Gasteiger partial charge < -0.3 is 4.74 Å². The van der Waals surface area contributed by atoms with Gasteiger partial charge in [0.05, 0.1) is 0 Å². The summed E-state index contributed by atoms with van der Waals surface area (Å²) in [5.74, 6) is -1.07. The number of carbonyl (C=O) groups excluding carboxylic acids is 3. The van der Waals surface area contributed by atoms with E-state index in [1.807, 2.05) is 42.5 Å². The standard InChI is InChI=1S/C16H13NO5/c18-14-8-9-15(19)17(14)22-16(20)21-10-12-6-3-5-11-4-1-2-7-13(11)12/h1-7H,8-10H2. The van der Waals surface area contributed by atoms with Crippen LogP contribution in [0.3, 0.4) is 0 Å².